The van der Waals surface area contributed by atoms with Crippen LogP contribution in [0, 0.1) is 18.3 Å². The van der Waals surface area contributed by atoms with Crippen LogP contribution in [-0.4, -0.2) is 9.97 Å². The molecule has 1 N–H and O–H groups in total. The quantitative estimate of drug-likeness (QED) is 0.916. The molecule has 2 aromatic rings. The molecule has 4 nitrogen and oxygen atoms in total. The highest BCUT2D eigenvalue weighted by Gasteiger charge is 2.03. The number of nitrogens with one attached hydrogen (secondary N) is 1. The Hall–Kier alpha value is -1.93. The van der Waals surface area contributed by atoms with E-state index in [0.29, 0.717) is 12.1 Å². The fraction of sp³-hybridized carbons (Fsp3) is 0.308. The maximum Gasteiger partial charge on any atom is 0.127 e. The molecule has 0 aliphatic carbocycles. The van der Waals surface area contributed by atoms with Gasteiger partial charge in [0.15, 0.2) is 0 Å². The molecule has 0 spiro atoms. The summed E-state index contributed by atoms with van der Waals surface area (Å²) in [5.74, 6) is 0.722. The van der Waals surface area contributed by atoms with E-state index in [1.54, 1.807) is 23.5 Å². The van der Waals surface area contributed by atoms with E-state index >= 15 is 0 Å². The summed E-state index contributed by atoms with van der Waals surface area (Å²) < 4.78 is 0. The van der Waals surface area contributed by atoms with Crippen LogP contribution in [0.2, 0.25) is 0 Å². The third kappa shape index (κ3) is 3.05. The van der Waals surface area contributed by atoms with E-state index in [-0.39, 0.29) is 0 Å². The minimum Gasteiger partial charge on any atom is -0.364 e. The molecule has 0 saturated heterocycles. The van der Waals surface area contributed by atoms with E-state index in [2.05, 4.69) is 28.3 Å². The molecule has 0 unspecified atom stereocenters. The van der Waals surface area contributed by atoms with Crippen molar-refractivity contribution in [3.8, 4) is 6.07 Å². The molecule has 0 aliphatic rings. The van der Waals surface area contributed by atoms with Gasteiger partial charge in [0.1, 0.15) is 10.8 Å². The topological polar surface area (TPSA) is 61.6 Å². The Bertz CT molecular complexity index is 583. The van der Waals surface area contributed by atoms with E-state index in [9.17, 15) is 0 Å². The van der Waals surface area contributed by atoms with Crippen molar-refractivity contribution >= 4 is 17.2 Å². The second-order valence-electron chi connectivity index (χ2n) is 3.92. The van der Waals surface area contributed by atoms with Crippen molar-refractivity contribution in [2.45, 2.75) is 26.8 Å². The van der Waals surface area contributed by atoms with Gasteiger partial charge in [0.05, 0.1) is 18.2 Å². The summed E-state index contributed by atoms with van der Waals surface area (Å²) >= 11 is 1.70. The van der Waals surface area contributed by atoms with Crippen LogP contribution in [0.4, 0.5) is 5.82 Å². The summed E-state index contributed by atoms with van der Waals surface area (Å²) in [5, 5.41) is 13.1. The first-order chi connectivity index (χ1) is 8.71. The molecule has 2 rings (SSSR count). The number of anilines is 1. The highest BCUT2D eigenvalue weighted by atomic mass is 32.1. The van der Waals surface area contributed by atoms with Gasteiger partial charge in [-0.25, -0.2) is 9.97 Å². The average molecular weight is 258 g/mol. The predicted octanol–water partition coefficient (Wildman–Crippen LogP) is 2.89. The fourth-order valence-electron chi connectivity index (χ4n) is 1.58. The number of thiazole rings is 1. The lowest BCUT2D eigenvalue weighted by Crippen LogP contribution is -2.02. The number of nitriles is 1. The van der Waals surface area contributed by atoms with Gasteiger partial charge < -0.3 is 5.32 Å². The fourth-order valence-corrected chi connectivity index (χ4v) is 2.39. The molecule has 0 fully saturated rings. The van der Waals surface area contributed by atoms with Crippen LogP contribution in [0.5, 0.6) is 0 Å². The molecule has 5 heteroatoms. The van der Waals surface area contributed by atoms with E-state index in [1.165, 1.54) is 4.88 Å². The molecule has 18 heavy (non-hydrogen) atoms. The third-order valence-electron chi connectivity index (χ3n) is 2.45. The van der Waals surface area contributed by atoms with E-state index in [0.717, 1.165) is 22.9 Å². The number of hydrogen-bond donors (Lipinski definition) is 1. The number of rotatable bonds is 4. The molecule has 2 aromatic heterocycles. The zero-order valence-corrected chi connectivity index (χ0v) is 11.2. The number of hydrogen-bond acceptors (Lipinski definition) is 5. The van der Waals surface area contributed by atoms with Gasteiger partial charge in [-0.15, -0.1) is 11.3 Å². The Labute approximate surface area is 110 Å². The molecule has 0 saturated carbocycles. The largest absolute Gasteiger partial charge is 0.364 e. The summed E-state index contributed by atoms with van der Waals surface area (Å²) in [5.41, 5.74) is 1.46. The molecule has 0 radical (unpaired) electrons. The van der Waals surface area contributed by atoms with Crippen molar-refractivity contribution in [3.05, 3.63) is 39.5 Å². The van der Waals surface area contributed by atoms with Gasteiger partial charge in [-0.05, 0) is 25.5 Å². The van der Waals surface area contributed by atoms with Crippen molar-refractivity contribution in [1.82, 2.24) is 9.97 Å². The molecule has 2 heterocycles. The van der Waals surface area contributed by atoms with Crippen molar-refractivity contribution in [2.24, 2.45) is 0 Å². The highest BCUT2D eigenvalue weighted by Crippen LogP contribution is 2.15. The van der Waals surface area contributed by atoms with Crippen LogP contribution < -0.4 is 5.32 Å². The van der Waals surface area contributed by atoms with Crippen LogP contribution in [0.3, 0.4) is 0 Å². The van der Waals surface area contributed by atoms with Crippen molar-refractivity contribution < 1.29 is 0 Å². The monoisotopic (exact) mass is 258 g/mol. The van der Waals surface area contributed by atoms with Gasteiger partial charge in [-0.2, -0.15) is 5.26 Å². The first kappa shape index (κ1) is 12.5. The van der Waals surface area contributed by atoms with Crippen LogP contribution in [0.15, 0.2) is 18.3 Å². The van der Waals surface area contributed by atoms with E-state index in [1.807, 2.05) is 13.1 Å². The average Bonchev–Trinajstić information content (AvgIpc) is 2.83. The second kappa shape index (κ2) is 5.61. The van der Waals surface area contributed by atoms with Crippen LogP contribution >= 0.6 is 11.3 Å². The Morgan fingerprint density at radius 1 is 1.44 bits per heavy atom. The van der Waals surface area contributed by atoms with Gasteiger partial charge in [-0.1, -0.05) is 6.92 Å². The number of aryl methyl sites for hydroxylation is 2. The van der Waals surface area contributed by atoms with Gasteiger partial charge in [-0.3, -0.25) is 0 Å². The lowest BCUT2D eigenvalue weighted by Gasteiger charge is -2.04. The molecule has 92 valence electrons. The lowest BCUT2D eigenvalue weighted by molar-refractivity contribution is 1.06. The lowest BCUT2D eigenvalue weighted by atomic mass is 10.2. The van der Waals surface area contributed by atoms with Crippen LogP contribution in [0.1, 0.15) is 28.1 Å². The zero-order valence-electron chi connectivity index (χ0n) is 10.4. The number of aromatic nitrogens is 2. The normalized spacial score (nSPS) is 10.1. The smallest absolute Gasteiger partial charge is 0.127 e. The first-order valence-electron chi connectivity index (χ1n) is 5.77. The first-order valence-corrected chi connectivity index (χ1v) is 6.59. The molecule has 0 atom stereocenters. The number of nitrogens with zero attached hydrogens (tertiary/aromatic N) is 3. The predicted molar refractivity (Wildman–Crippen MR) is 72.5 cm³/mol. The third-order valence-corrected chi connectivity index (χ3v) is 3.59. The summed E-state index contributed by atoms with van der Waals surface area (Å²) in [6.45, 7) is 4.64. The summed E-state index contributed by atoms with van der Waals surface area (Å²) in [7, 11) is 0. The van der Waals surface area contributed by atoms with E-state index < -0.39 is 0 Å². The summed E-state index contributed by atoms with van der Waals surface area (Å²) in [4.78, 5) is 9.95. The van der Waals surface area contributed by atoms with Crippen molar-refractivity contribution in [3.63, 3.8) is 0 Å². The van der Waals surface area contributed by atoms with Gasteiger partial charge in [0.2, 0.25) is 0 Å². The van der Waals surface area contributed by atoms with Gasteiger partial charge >= 0.3 is 0 Å². The van der Waals surface area contributed by atoms with E-state index in [4.69, 9.17) is 5.26 Å². The second-order valence-corrected chi connectivity index (χ2v) is 5.12. The highest BCUT2D eigenvalue weighted by molar-refractivity contribution is 7.11. The maximum absolute atomic E-state index is 8.89. The zero-order chi connectivity index (χ0) is 13.0. The number of pyridine rings is 1. The van der Waals surface area contributed by atoms with Gasteiger partial charge in [0.25, 0.3) is 0 Å². The SMILES string of the molecule is CCc1cnc(CNc2cc(C#N)cc(C)n2)s1. The van der Waals surface area contributed by atoms with Crippen molar-refractivity contribution in [2.75, 3.05) is 5.32 Å². The molecule has 0 bridgehead atoms. The minimum absolute atomic E-state index is 0.624. The van der Waals surface area contributed by atoms with Crippen molar-refractivity contribution in [1.29, 1.82) is 5.26 Å². The molecule has 0 aromatic carbocycles. The maximum atomic E-state index is 8.89. The Kier molecular flexibility index (Phi) is 3.90. The molecular weight excluding hydrogens is 244 g/mol. The Morgan fingerprint density at radius 3 is 2.94 bits per heavy atom. The Morgan fingerprint density at radius 2 is 2.28 bits per heavy atom. The summed E-state index contributed by atoms with van der Waals surface area (Å²) in [6.07, 6.45) is 2.92. The van der Waals surface area contributed by atoms with Crippen LogP contribution in [-0.2, 0) is 13.0 Å². The standard InChI is InChI=1S/C13H14N4S/c1-3-11-7-16-13(18-11)8-15-12-5-10(6-14)4-9(2)17-12/h4-5,7H,3,8H2,1-2H3,(H,15,17). The Balaban J connectivity index is 2.06. The molecule has 0 amide bonds. The molecular formula is C13H14N4S. The minimum atomic E-state index is 0.624. The van der Waals surface area contributed by atoms with Crippen LogP contribution in [0.25, 0.3) is 0 Å². The van der Waals surface area contributed by atoms with Gasteiger partial charge in [0, 0.05) is 16.8 Å². The molecule has 0 aliphatic heterocycles. The summed E-state index contributed by atoms with van der Waals surface area (Å²) in [6, 6.07) is 5.65.